The van der Waals surface area contributed by atoms with E-state index in [1.165, 1.54) is 0 Å². The van der Waals surface area contributed by atoms with Gasteiger partial charge in [0.15, 0.2) is 0 Å². The Bertz CT molecular complexity index is 570. The van der Waals surface area contributed by atoms with Gasteiger partial charge in [0.25, 0.3) is 0 Å². The van der Waals surface area contributed by atoms with Crippen molar-refractivity contribution in [1.82, 2.24) is 19.6 Å². The summed E-state index contributed by atoms with van der Waals surface area (Å²) < 4.78 is 3.75. The second-order valence-electron chi connectivity index (χ2n) is 5.05. The highest BCUT2D eigenvalue weighted by Gasteiger charge is 2.17. The molecular formula is C15H24N4O. The van der Waals surface area contributed by atoms with Gasteiger partial charge in [-0.05, 0) is 31.9 Å². The molecule has 0 aromatic carbocycles. The molecule has 0 fully saturated rings. The Kier molecular flexibility index (Phi) is 4.60. The summed E-state index contributed by atoms with van der Waals surface area (Å²) in [5.41, 5.74) is 4.04. The van der Waals surface area contributed by atoms with Crippen LogP contribution in [0, 0.1) is 0 Å². The van der Waals surface area contributed by atoms with Gasteiger partial charge < -0.3 is 5.11 Å². The summed E-state index contributed by atoms with van der Waals surface area (Å²) in [6.45, 7) is 6.98. The summed E-state index contributed by atoms with van der Waals surface area (Å²) in [6.07, 6.45) is 1.83. The average Bonchev–Trinajstić information content (AvgIpc) is 3.02. The van der Waals surface area contributed by atoms with Crippen LogP contribution in [0.3, 0.4) is 0 Å². The van der Waals surface area contributed by atoms with Gasteiger partial charge in [-0.1, -0.05) is 13.8 Å². The van der Waals surface area contributed by atoms with E-state index in [1.807, 2.05) is 29.4 Å². The molecule has 2 aromatic heterocycles. The van der Waals surface area contributed by atoms with Gasteiger partial charge in [-0.25, -0.2) is 0 Å². The van der Waals surface area contributed by atoms with Crippen LogP contribution in [-0.2, 0) is 32.9 Å². The van der Waals surface area contributed by atoms with Crippen LogP contribution in [-0.4, -0.2) is 24.7 Å². The zero-order valence-corrected chi connectivity index (χ0v) is 12.8. The topological polar surface area (TPSA) is 55.9 Å². The Balaban J connectivity index is 2.20. The maximum atomic E-state index is 10.5. The highest BCUT2D eigenvalue weighted by Crippen LogP contribution is 2.20. The Labute approximate surface area is 120 Å². The van der Waals surface area contributed by atoms with Crippen LogP contribution in [0.25, 0.3) is 0 Å². The molecular weight excluding hydrogens is 252 g/mol. The zero-order chi connectivity index (χ0) is 14.7. The molecule has 0 spiro atoms. The predicted octanol–water partition coefficient (Wildman–Crippen LogP) is 2.04. The summed E-state index contributed by atoms with van der Waals surface area (Å²) in [5.74, 6) is 0. The monoisotopic (exact) mass is 276 g/mol. The highest BCUT2D eigenvalue weighted by atomic mass is 16.3. The highest BCUT2D eigenvalue weighted by molar-refractivity contribution is 5.17. The second-order valence-corrected chi connectivity index (χ2v) is 5.05. The minimum atomic E-state index is -0.539. The van der Waals surface area contributed by atoms with Gasteiger partial charge in [0.1, 0.15) is 6.10 Å². The molecule has 2 heterocycles. The molecule has 1 unspecified atom stereocenters. The Morgan fingerprint density at radius 2 is 1.75 bits per heavy atom. The molecule has 0 aliphatic rings. The van der Waals surface area contributed by atoms with E-state index in [1.54, 1.807) is 0 Å². The normalized spacial score (nSPS) is 12.8. The molecule has 0 aliphatic carbocycles. The zero-order valence-electron chi connectivity index (χ0n) is 12.8. The fourth-order valence-electron chi connectivity index (χ4n) is 2.42. The van der Waals surface area contributed by atoms with Crippen molar-refractivity contribution in [3.05, 3.63) is 34.9 Å². The smallest absolute Gasteiger partial charge is 0.101 e. The van der Waals surface area contributed by atoms with Gasteiger partial charge in [-0.2, -0.15) is 10.2 Å². The van der Waals surface area contributed by atoms with Crippen molar-refractivity contribution in [2.45, 2.75) is 52.7 Å². The standard InChI is InChI=1S/C15H24N4O/c1-5-11-8-13(18(4)16-11)10-15(20)14-9-12(6-2)17-19(14)7-3/h8-9,15,20H,5-7,10H2,1-4H3. The van der Waals surface area contributed by atoms with Crippen molar-refractivity contribution >= 4 is 0 Å². The van der Waals surface area contributed by atoms with E-state index in [0.717, 1.165) is 42.2 Å². The van der Waals surface area contributed by atoms with Crippen LogP contribution in [0.15, 0.2) is 12.1 Å². The van der Waals surface area contributed by atoms with Gasteiger partial charge in [0.05, 0.1) is 17.1 Å². The van der Waals surface area contributed by atoms with Gasteiger partial charge in [-0.3, -0.25) is 9.36 Å². The number of aryl methyl sites for hydroxylation is 4. The van der Waals surface area contributed by atoms with Gasteiger partial charge in [0, 0.05) is 25.7 Å². The lowest BCUT2D eigenvalue weighted by atomic mass is 10.1. The summed E-state index contributed by atoms with van der Waals surface area (Å²) >= 11 is 0. The molecule has 2 aromatic rings. The fraction of sp³-hybridized carbons (Fsp3) is 0.600. The lowest BCUT2D eigenvalue weighted by molar-refractivity contribution is 0.164. The number of aliphatic hydroxyl groups excluding tert-OH is 1. The average molecular weight is 276 g/mol. The Hall–Kier alpha value is -1.62. The largest absolute Gasteiger partial charge is 0.386 e. The molecule has 0 amide bonds. The summed E-state index contributed by atoms with van der Waals surface area (Å²) in [5, 5.41) is 19.4. The van der Waals surface area contributed by atoms with Crippen molar-refractivity contribution in [3.8, 4) is 0 Å². The third kappa shape index (κ3) is 2.93. The number of hydrogen-bond acceptors (Lipinski definition) is 3. The van der Waals surface area contributed by atoms with E-state index < -0.39 is 6.10 Å². The lowest BCUT2D eigenvalue weighted by Crippen LogP contribution is -2.12. The molecule has 1 N–H and O–H groups in total. The SMILES string of the molecule is CCc1cc(CC(O)c2cc(CC)nn2CC)n(C)n1. The van der Waals surface area contributed by atoms with E-state index in [4.69, 9.17) is 0 Å². The minimum absolute atomic E-state index is 0.539. The maximum absolute atomic E-state index is 10.5. The Morgan fingerprint density at radius 1 is 1.10 bits per heavy atom. The van der Waals surface area contributed by atoms with Gasteiger partial charge >= 0.3 is 0 Å². The number of aliphatic hydroxyl groups is 1. The van der Waals surface area contributed by atoms with Crippen LogP contribution < -0.4 is 0 Å². The molecule has 0 bridgehead atoms. The van der Waals surface area contributed by atoms with Crippen LogP contribution in [0.5, 0.6) is 0 Å². The second kappa shape index (κ2) is 6.22. The minimum Gasteiger partial charge on any atom is -0.386 e. The molecule has 0 saturated carbocycles. The van der Waals surface area contributed by atoms with Gasteiger partial charge in [-0.15, -0.1) is 0 Å². The number of aromatic nitrogens is 4. The first-order valence-electron chi connectivity index (χ1n) is 7.35. The molecule has 5 heteroatoms. The van der Waals surface area contributed by atoms with Crippen LogP contribution in [0.2, 0.25) is 0 Å². The number of rotatable bonds is 6. The van der Waals surface area contributed by atoms with E-state index in [0.29, 0.717) is 6.42 Å². The lowest BCUT2D eigenvalue weighted by Gasteiger charge is -2.12. The number of nitrogens with zero attached hydrogens (tertiary/aromatic N) is 4. The first kappa shape index (κ1) is 14.8. The molecule has 0 aliphatic heterocycles. The molecule has 0 radical (unpaired) electrons. The van der Waals surface area contributed by atoms with E-state index >= 15 is 0 Å². The van der Waals surface area contributed by atoms with Crippen molar-refractivity contribution in [3.63, 3.8) is 0 Å². The number of hydrogen-bond donors (Lipinski definition) is 1. The predicted molar refractivity (Wildman–Crippen MR) is 78.5 cm³/mol. The quantitative estimate of drug-likeness (QED) is 0.878. The fourth-order valence-corrected chi connectivity index (χ4v) is 2.42. The van der Waals surface area contributed by atoms with Gasteiger partial charge in [0.2, 0.25) is 0 Å². The van der Waals surface area contributed by atoms with E-state index in [-0.39, 0.29) is 0 Å². The third-order valence-electron chi connectivity index (χ3n) is 3.66. The third-order valence-corrected chi connectivity index (χ3v) is 3.66. The summed E-state index contributed by atoms with van der Waals surface area (Å²) in [4.78, 5) is 0. The van der Waals surface area contributed by atoms with E-state index in [9.17, 15) is 5.11 Å². The van der Waals surface area contributed by atoms with Crippen LogP contribution in [0.4, 0.5) is 0 Å². The molecule has 2 rings (SSSR count). The van der Waals surface area contributed by atoms with E-state index in [2.05, 4.69) is 30.1 Å². The first-order valence-corrected chi connectivity index (χ1v) is 7.35. The van der Waals surface area contributed by atoms with Crippen molar-refractivity contribution in [1.29, 1.82) is 0 Å². The van der Waals surface area contributed by atoms with Crippen molar-refractivity contribution < 1.29 is 5.11 Å². The molecule has 20 heavy (non-hydrogen) atoms. The Morgan fingerprint density at radius 3 is 2.30 bits per heavy atom. The van der Waals surface area contributed by atoms with Crippen molar-refractivity contribution in [2.24, 2.45) is 7.05 Å². The summed E-state index contributed by atoms with van der Waals surface area (Å²) in [7, 11) is 1.93. The molecule has 0 saturated heterocycles. The van der Waals surface area contributed by atoms with Crippen LogP contribution >= 0.6 is 0 Å². The molecule has 5 nitrogen and oxygen atoms in total. The molecule has 1 atom stereocenters. The van der Waals surface area contributed by atoms with Crippen LogP contribution in [0.1, 0.15) is 49.7 Å². The maximum Gasteiger partial charge on any atom is 0.101 e. The molecule has 110 valence electrons. The summed E-state index contributed by atoms with van der Waals surface area (Å²) in [6, 6.07) is 4.07. The van der Waals surface area contributed by atoms with Crippen molar-refractivity contribution in [2.75, 3.05) is 0 Å². The first-order chi connectivity index (χ1) is 9.58.